The van der Waals surface area contributed by atoms with Gasteiger partial charge in [-0.3, -0.25) is 4.79 Å². The van der Waals surface area contributed by atoms with E-state index in [0.29, 0.717) is 37.9 Å². The van der Waals surface area contributed by atoms with Crippen LogP contribution in [0.15, 0.2) is 24.5 Å². The lowest BCUT2D eigenvalue weighted by Gasteiger charge is -2.37. The van der Waals surface area contributed by atoms with Crippen LogP contribution in [-0.2, 0) is 9.53 Å². The maximum Gasteiger partial charge on any atom is 0.410 e. The summed E-state index contributed by atoms with van der Waals surface area (Å²) in [6, 6.07) is 3.92. The number of nitrogens with zero attached hydrogens (tertiary/aromatic N) is 5. The Bertz CT molecular complexity index is 1150. The van der Waals surface area contributed by atoms with Crippen molar-refractivity contribution >= 4 is 41.0 Å². The van der Waals surface area contributed by atoms with E-state index in [2.05, 4.69) is 35.9 Å². The number of ether oxygens (including phenoxy) is 1. The van der Waals surface area contributed by atoms with Gasteiger partial charge in [0.15, 0.2) is 5.82 Å². The Morgan fingerprint density at radius 2 is 1.88 bits per heavy atom. The number of piperazine rings is 1. The summed E-state index contributed by atoms with van der Waals surface area (Å²) in [5, 5.41) is 4.32. The zero-order valence-corrected chi connectivity index (χ0v) is 20.3. The highest BCUT2D eigenvalue weighted by atomic mass is 16.6. The number of hydrogen-bond donors (Lipinski definition) is 3. The van der Waals surface area contributed by atoms with Crippen LogP contribution in [0.5, 0.6) is 0 Å². The number of hydrogen-bond acceptors (Lipinski definition) is 8. The molecule has 182 valence electrons. The fourth-order valence-corrected chi connectivity index (χ4v) is 3.76. The third kappa shape index (κ3) is 5.91. The van der Waals surface area contributed by atoms with Crippen molar-refractivity contribution in [1.29, 1.82) is 0 Å². The number of aryl methyl sites for hydroxylation is 2. The van der Waals surface area contributed by atoms with Crippen LogP contribution in [0.4, 0.5) is 22.2 Å². The largest absolute Gasteiger partial charge is 0.444 e. The summed E-state index contributed by atoms with van der Waals surface area (Å²) >= 11 is 0. The van der Waals surface area contributed by atoms with Crippen molar-refractivity contribution < 1.29 is 14.3 Å². The molecule has 4 N–H and O–H groups in total. The predicted molar refractivity (Wildman–Crippen MR) is 131 cm³/mol. The fourth-order valence-electron chi connectivity index (χ4n) is 3.76. The second-order valence-corrected chi connectivity index (χ2v) is 8.91. The molecule has 34 heavy (non-hydrogen) atoms. The Balaban J connectivity index is 0.00000103. The molecular weight excluding hydrogens is 436 g/mol. The number of amides is 2. The molecule has 4 heterocycles. The number of fused-ring (bicyclic) bond motifs is 1. The Hall–Kier alpha value is -3.89. The first-order chi connectivity index (χ1) is 16.1. The van der Waals surface area contributed by atoms with E-state index in [1.165, 1.54) is 0 Å². The number of aromatic nitrogens is 4. The molecule has 4 rings (SSSR count). The quantitative estimate of drug-likeness (QED) is 0.498. The van der Waals surface area contributed by atoms with Gasteiger partial charge in [-0.05, 0) is 52.3 Å². The van der Waals surface area contributed by atoms with Crippen molar-refractivity contribution in [3.63, 3.8) is 0 Å². The Kier molecular flexibility index (Phi) is 7.54. The molecule has 1 aliphatic heterocycles. The molecule has 3 aromatic heterocycles. The number of carbonyl (C=O) groups excluding carboxylic acids is 2. The van der Waals surface area contributed by atoms with Crippen LogP contribution in [0.1, 0.15) is 32.0 Å². The van der Waals surface area contributed by atoms with Gasteiger partial charge in [0.2, 0.25) is 12.4 Å². The molecular formula is C23H32N8O3. The molecule has 0 aliphatic carbocycles. The summed E-state index contributed by atoms with van der Waals surface area (Å²) in [6.07, 6.45) is 3.66. The van der Waals surface area contributed by atoms with Crippen LogP contribution in [0.25, 0.3) is 11.0 Å². The fraction of sp³-hybridized carbons (Fsp3) is 0.435. The minimum Gasteiger partial charge on any atom is -0.444 e. The van der Waals surface area contributed by atoms with Crippen molar-refractivity contribution in [2.45, 2.75) is 40.2 Å². The summed E-state index contributed by atoms with van der Waals surface area (Å²) in [4.78, 5) is 41.8. The molecule has 0 unspecified atom stereocenters. The minimum atomic E-state index is -0.494. The highest BCUT2D eigenvalue weighted by Crippen LogP contribution is 2.28. The van der Waals surface area contributed by atoms with Gasteiger partial charge in [-0.15, -0.1) is 0 Å². The first-order valence-electron chi connectivity index (χ1n) is 11.1. The third-order valence-corrected chi connectivity index (χ3v) is 5.20. The van der Waals surface area contributed by atoms with E-state index in [4.69, 9.17) is 9.53 Å². The number of anilines is 3. The van der Waals surface area contributed by atoms with E-state index in [1.807, 2.05) is 52.9 Å². The molecule has 2 amide bonds. The van der Waals surface area contributed by atoms with E-state index < -0.39 is 5.60 Å². The van der Waals surface area contributed by atoms with Gasteiger partial charge in [0.25, 0.3) is 0 Å². The second-order valence-electron chi connectivity index (χ2n) is 8.91. The Morgan fingerprint density at radius 1 is 1.21 bits per heavy atom. The lowest BCUT2D eigenvalue weighted by atomic mass is 10.2. The topological polar surface area (TPSA) is 142 Å². The molecule has 0 aromatic carbocycles. The highest BCUT2D eigenvalue weighted by Gasteiger charge is 2.27. The number of nitrogens with one attached hydrogen (secondary N) is 2. The van der Waals surface area contributed by atoms with Gasteiger partial charge in [0.05, 0.1) is 11.4 Å². The summed E-state index contributed by atoms with van der Waals surface area (Å²) in [7, 11) is 0. The van der Waals surface area contributed by atoms with Gasteiger partial charge < -0.3 is 30.6 Å². The molecule has 0 radical (unpaired) electrons. The van der Waals surface area contributed by atoms with Crippen LogP contribution < -0.4 is 16.0 Å². The van der Waals surface area contributed by atoms with Gasteiger partial charge in [-0.2, -0.15) is 4.98 Å². The molecule has 11 nitrogen and oxygen atoms in total. The molecule has 0 saturated carbocycles. The number of rotatable bonds is 3. The maximum absolute atomic E-state index is 12.3. The predicted octanol–water partition coefficient (Wildman–Crippen LogP) is 2.87. The van der Waals surface area contributed by atoms with E-state index in [9.17, 15) is 4.79 Å². The zero-order chi connectivity index (χ0) is 24.9. The first kappa shape index (κ1) is 24.7. The summed E-state index contributed by atoms with van der Waals surface area (Å²) in [6.45, 7) is 12.2. The number of pyridine rings is 1. The van der Waals surface area contributed by atoms with Gasteiger partial charge in [0, 0.05) is 44.0 Å². The number of H-pyrrole nitrogens is 1. The molecule has 3 aromatic rings. The van der Waals surface area contributed by atoms with E-state index >= 15 is 0 Å². The first-order valence-corrected chi connectivity index (χ1v) is 11.1. The summed E-state index contributed by atoms with van der Waals surface area (Å²) in [5.74, 6) is 1.19. The normalized spacial score (nSPS) is 13.8. The Morgan fingerprint density at radius 3 is 2.53 bits per heavy atom. The van der Waals surface area contributed by atoms with E-state index in [0.717, 1.165) is 28.0 Å². The average Bonchev–Trinajstić information content (AvgIpc) is 3.15. The molecule has 0 spiro atoms. The van der Waals surface area contributed by atoms with Gasteiger partial charge in [-0.25, -0.2) is 14.8 Å². The molecule has 1 fully saturated rings. The van der Waals surface area contributed by atoms with E-state index in [1.54, 1.807) is 11.1 Å². The van der Waals surface area contributed by atoms with Crippen LogP contribution in [0.3, 0.4) is 0 Å². The van der Waals surface area contributed by atoms with Crippen LogP contribution >= 0.6 is 0 Å². The SMILES string of the molecule is Cc1c[nH]c2nc(Nc3ncccc3N3CCN(C(=O)OC(C)(C)C)CC3)nc(C)c12.NC=O. The summed E-state index contributed by atoms with van der Waals surface area (Å²) in [5.41, 5.74) is 7.47. The third-order valence-electron chi connectivity index (χ3n) is 5.20. The van der Waals surface area contributed by atoms with Crippen LogP contribution in [-0.4, -0.2) is 69.1 Å². The lowest BCUT2D eigenvalue weighted by molar-refractivity contribution is -0.106. The number of nitrogens with two attached hydrogens (primary N) is 1. The smallest absolute Gasteiger partial charge is 0.410 e. The lowest BCUT2D eigenvalue weighted by Crippen LogP contribution is -2.50. The number of carbonyl (C=O) groups is 2. The average molecular weight is 469 g/mol. The van der Waals surface area contributed by atoms with Gasteiger partial charge in [-0.1, -0.05) is 0 Å². The molecule has 1 aliphatic rings. The summed E-state index contributed by atoms with van der Waals surface area (Å²) < 4.78 is 5.49. The van der Waals surface area contributed by atoms with Crippen LogP contribution in [0.2, 0.25) is 0 Å². The monoisotopic (exact) mass is 468 g/mol. The number of primary amides is 1. The molecule has 0 atom stereocenters. The van der Waals surface area contributed by atoms with Crippen molar-refractivity contribution in [2.75, 3.05) is 36.4 Å². The van der Waals surface area contributed by atoms with Gasteiger partial charge >= 0.3 is 6.09 Å². The van der Waals surface area contributed by atoms with Crippen molar-refractivity contribution in [2.24, 2.45) is 5.73 Å². The standard InChI is InChI=1S/C22H29N7O2.CH3NO/c1-14-13-24-19-17(14)15(2)25-20(27-19)26-18-16(7-6-8-23-18)28-9-11-29(12-10-28)21(30)31-22(3,4)5;2-1-3/h6-8,13H,9-12H2,1-5H3,(H2,23,24,25,26,27);1H,(H2,2,3). The minimum absolute atomic E-state index is 0.250. The maximum atomic E-state index is 12.3. The van der Waals surface area contributed by atoms with Crippen molar-refractivity contribution in [1.82, 2.24) is 24.8 Å². The van der Waals surface area contributed by atoms with Crippen LogP contribution in [0, 0.1) is 13.8 Å². The van der Waals surface area contributed by atoms with E-state index in [-0.39, 0.29) is 12.5 Å². The van der Waals surface area contributed by atoms with Crippen molar-refractivity contribution in [3.05, 3.63) is 35.8 Å². The number of aromatic amines is 1. The van der Waals surface area contributed by atoms with Gasteiger partial charge in [0.1, 0.15) is 11.2 Å². The highest BCUT2D eigenvalue weighted by molar-refractivity contribution is 5.83. The Labute approximate surface area is 198 Å². The second kappa shape index (κ2) is 10.4. The molecule has 1 saturated heterocycles. The molecule has 0 bridgehead atoms. The molecule has 11 heteroatoms. The zero-order valence-electron chi connectivity index (χ0n) is 20.3. The van der Waals surface area contributed by atoms with Crippen molar-refractivity contribution in [3.8, 4) is 0 Å².